The van der Waals surface area contributed by atoms with Gasteiger partial charge in [-0.15, -0.1) is 0 Å². The third-order valence-corrected chi connectivity index (χ3v) is 4.18. The Morgan fingerprint density at radius 3 is 2.95 bits per heavy atom. The number of furan rings is 1. The summed E-state index contributed by atoms with van der Waals surface area (Å²) >= 11 is 0. The molecule has 0 aromatic carbocycles. The zero-order valence-electron chi connectivity index (χ0n) is 13.3. The summed E-state index contributed by atoms with van der Waals surface area (Å²) in [6, 6.07) is 3.91. The largest absolute Gasteiger partial charge is 0.469 e. The molecule has 3 heterocycles. The molecule has 6 heteroatoms. The van der Waals surface area contributed by atoms with E-state index in [-0.39, 0.29) is 11.9 Å². The molecule has 22 heavy (non-hydrogen) atoms. The number of aromatic nitrogens is 2. The van der Waals surface area contributed by atoms with Crippen molar-refractivity contribution in [1.82, 2.24) is 19.6 Å². The number of hydrogen-bond acceptors (Lipinski definition) is 4. The maximum Gasteiger partial charge on any atom is 0.258 e. The minimum Gasteiger partial charge on any atom is -0.469 e. The van der Waals surface area contributed by atoms with Gasteiger partial charge < -0.3 is 14.2 Å². The van der Waals surface area contributed by atoms with Gasteiger partial charge in [0.15, 0.2) is 0 Å². The van der Waals surface area contributed by atoms with Gasteiger partial charge in [0, 0.05) is 25.3 Å². The molecule has 0 bridgehead atoms. The van der Waals surface area contributed by atoms with E-state index in [1.54, 1.807) is 18.5 Å². The Morgan fingerprint density at radius 2 is 2.27 bits per heavy atom. The normalized spacial score (nSPS) is 18.4. The van der Waals surface area contributed by atoms with E-state index in [0.717, 1.165) is 25.2 Å². The minimum absolute atomic E-state index is 0.0350. The topological polar surface area (TPSA) is 54.5 Å². The first-order valence-electron chi connectivity index (χ1n) is 7.56. The Bertz CT molecular complexity index is 659. The third-order valence-electron chi connectivity index (χ3n) is 4.18. The summed E-state index contributed by atoms with van der Waals surface area (Å²) in [4.78, 5) is 17.1. The summed E-state index contributed by atoms with van der Waals surface area (Å²) in [5, 5.41) is 4.35. The van der Waals surface area contributed by atoms with Crippen molar-refractivity contribution in [2.24, 2.45) is 0 Å². The van der Waals surface area contributed by atoms with Crippen molar-refractivity contribution in [2.45, 2.75) is 32.5 Å². The van der Waals surface area contributed by atoms with Gasteiger partial charge in [0.25, 0.3) is 5.91 Å². The van der Waals surface area contributed by atoms with E-state index in [9.17, 15) is 4.79 Å². The molecule has 0 radical (unpaired) electrons. The van der Waals surface area contributed by atoms with Crippen LogP contribution >= 0.6 is 0 Å². The van der Waals surface area contributed by atoms with E-state index in [4.69, 9.17) is 4.42 Å². The lowest BCUT2D eigenvalue weighted by Gasteiger charge is -2.31. The fourth-order valence-corrected chi connectivity index (χ4v) is 3.04. The number of amides is 1. The average molecular weight is 302 g/mol. The number of rotatable bonds is 3. The molecule has 1 aliphatic heterocycles. The maximum atomic E-state index is 13.0. The fourth-order valence-electron chi connectivity index (χ4n) is 3.04. The highest BCUT2D eigenvalue weighted by Gasteiger charge is 2.30. The van der Waals surface area contributed by atoms with Crippen molar-refractivity contribution in [3.05, 3.63) is 41.6 Å². The van der Waals surface area contributed by atoms with Crippen LogP contribution in [0.5, 0.6) is 0 Å². The summed E-state index contributed by atoms with van der Waals surface area (Å²) in [7, 11) is 4.07. The number of likely N-dealkylation sites (N-methyl/N-ethyl adjacent to an activating group) is 1. The zero-order chi connectivity index (χ0) is 15.7. The lowest BCUT2D eigenvalue weighted by atomic mass is 10.1. The second kappa shape index (κ2) is 5.96. The second-order valence-electron chi connectivity index (χ2n) is 6.07. The van der Waals surface area contributed by atoms with Gasteiger partial charge in [-0.1, -0.05) is 0 Å². The Kier molecular flexibility index (Phi) is 4.02. The predicted octanol–water partition coefficient (Wildman–Crippen LogP) is 1.76. The quantitative estimate of drug-likeness (QED) is 0.867. The molecule has 0 saturated heterocycles. The molecule has 6 nitrogen and oxygen atoms in total. The summed E-state index contributed by atoms with van der Waals surface area (Å²) in [5.41, 5.74) is 1.73. The average Bonchev–Trinajstić information content (AvgIpc) is 3.05. The van der Waals surface area contributed by atoms with E-state index < -0.39 is 0 Å². The van der Waals surface area contributed by atoms with Gasteiger partial charge in [-0.25, -0.2) is 0 Å². The van der Waals surface area contributed by atoms with Crippen molar-refractivity contribution < 1.29 is 9.21 Å². The van der Waals surface area contributed by atoms with Crippen LogP contribution in [-0.2, 0) is 13.1 Å². The third kappa shape index (κ3) is 2.78. The number of carbonyl (C=O) groups is 1. The first-order valence-corrected chi connectivity index (χ1v) is 7.56. The molecule has 1 atom stereocenters. The summed E-state index contributed by atoms with van der Waals surface area (Å²) in [5.74, 6) is 0.708. The standard InChI is InChI=1S/C16H22N4O2/c1-12-15(6-9-22-12)16(21)19-11-14-4-7-17-20(14)8-5-13(19)10-18(2)3/h4,6-7,9,13H,5,8,10-11H2,1-3H3/t13-/m0/s1. The Morgan fingerprint density at radius 1 is 1.45 bits per heavy atom. The van der Waals surface area contributed by atoms with Crippen molar-refractivity contribution in [2.75, 3.05) is 20.6 Å². The molecule has 2 aromatic rings. The molecule has 1 aliphatic rings. The van der Waals surface area contributed by atoms with Gasteiger partial charge in [0.05, 0.1) is 24.1 Å². The number of nitrogens with zero attached hydrogens (tertiary/aromatic N) is 4. The smallest absolute Gasteiger partial charge is 0.258 e. The molecule has 0 unspecified atom stereocenters. The van der Waals surface area contributed by atoms with Crippen LogP contribution in [0, 0.1) is 6.92 Å². The Balaban J connectivity index is 1.92. The van der Waals surface area contributed by atoms with Gasteiger partial charge in [0.1, 0.15) is 5.76 Å². The van der Waals surface area contributed by atoms with Crippen LogP contribution in [0.2, 0.25) is 0 Å². The number of hydrogen-bond donors (Lipinski definition) is 0. The van der Waals surface area contributed by atoms with Crippen LogP contribution in [-0.4, -0.2) is 52.2 Å². The molecule has 3 rings (SSSR count). The summed E-state index contributed by atoms with van der Waals surface area (Å²) < 4.78 is 7.30. The van der Waals surface area contributed by atoms with Gasteiger partial charge >= 0.3 is 0 Å². The van der Waals surface area contributed by atoms with E-state index in [1.165, 1.54) is 0 Å². The van der Waals surface area contributed by atoms with E-state index in [1.807, 2.05) is 36.7 Å². The summed E-state index contributed by atoms with van der Waals surface area (Å²) in [6.45, 7) is 4.10. The van der Waals surface area contributed by atoms with Crippen molar-refractivity contribution >= 4 is 5.91 Å². The second-order valence-corrected chi connectivity index (χ2v) is 6.07. The number of aryl methyl sites for hydroxylation is 2. The van der Waals surface area contributed by atoms with Crippen molar-refractivity contribution in [1.29, 1.82) is 0 Å². The van der Waals surface area contributed by atoms with Crippen molar-refractivity contribution in [3.63, 3.8) is 0 Å². The first-order chi connectivity index (χ1) is 10.6. The molecule has 0 fully saturated rings. The molecule has 2 aromatic heterocycles. The zero-order valence-corrected chi connectivity index (χ0v) is 13.3. The van der Waals surface area contributed by atoms with Gasteiger partial charge in [-0.05, 0) is 39.6 Å². The first kappa shape index (κ1) is 14.8. The molecule has 1 amide bonds. The summed E-state index contributed by atoms with van der Waals surface area (Å²) in [6.07, 6.45) is 4.27. The van der Waals surface area contributed by atoms with Gasteiger partial charge in [-0.3, -0.25) is 9.48 Å². The minimum atomic E-state index is 0.0350. The highest BCUT2D eigenvalue weighted by atomic mass is 16.3. The fraction of sp³-hybridized carbons (Fsp3) is 0.500. The predicted molar refractivity (Wildman–Crippen MR) is 82.5 cm³/mol. The molecule has 0 spiro atoms. The highest BCUT2D eigenvalue weighted by molar-refractivity contribution is 5.95. The Labute approximate surface area is 130 Å². The molecule has 0 N–H and O–H groups in total. The van der Waals surface area contributed by atoms with Crippen LogP contribution in [0.15, 0.2) is 29.0 Å². The molecule has 0 saturated carbocycles. The van der Waals surface area contributed by atoms with Crippen molar-refractivity contribution in [3.8, 4) is 0 Å². The van der Waals surface area contributed by atoms with E-state index >= 15 is 0 Å². The van der Waals surface area contributed by atoms with E-state index in [2.05, 4.69) is 10.00 Å². The van der Waals surface area contributed by atoms with Gasteiger partial charge in [0.2, 0.25) is 0 Å². The van der Waals surface area contributed by atoms with Crippen LogP contribution in [0.4, 0.5) is 0 Å². The molecule has 118 valence electrons. The highest BCUT2D eigenvalue weighted by Crippen LogP contribution is 2.22. The number of fused-ring (bicyclic) bond motifs is 1. The van der Waals surface area contributed by atoms with E-state index in [0.29, 0.717) is 17.9 Å². The van der Waals surface area contributed by atoms with Crippen LogP contribution in [0.25, 0.3) is 0 Å². The molecule has 0 aliphatic carbocycles. The number of carbonyl (C=O) groups excluding carboxylic acids is 1. The lowest BCUT2D eigenvalue weighted by molar-refractivity contribution is 0.0625. The van der Waals surface area contributed by atoms with Crippen LogP contribution in [0.3, 0.4) is 0 Å². The monoisotopic (exact) mass is 302 g/mol. The lowest BCUT2D eigenvalue weighted by Crippen LogP contribution is -2.44. The SMILES string of the molecule is Cc1occc1C(=O)N1Cc2ccnn2CC[C@H]1CN(C)C. The van der Waals surface area contributed by atoms with Gasteiger partial charge in [-0.2, -0.15) is 5.10 Å². The van der Waals surface area contributed by atoms with Crippen LogP contribution < -0.4 is 0 Å². The molecular formula is C16H22N4O2. The van der Waals surface area contributed by atoms with Crippen LogP contribution in [0.1, 0.15) is 28.2 Å². The molecular weight excluding hydrogens is 280 g/mol. The maximum absolute atomic E-state index is 13.0. The Hall–Kier alpha value is -2.08.